The summed E-state index contributed by atoms with van der Waals surface area (Å²) in [6.45, 7) is 2.20. The van der Waals surface area contributed by atoms with E-state index in [1.165, 1.54) is 0 Å². The summed E-state index contributed by atoms with van der Waals surface area (Å²) in [6, 6.07) is 21.4. The van der Waals surface area contributed by atoms with Gasteiger partial charge >= 0.3 is 0 Å². The van der Waals surface area contributed by atoms with E-state index < -0.39 is 0 Å². The number of likely N-dealkylation sites (N-methyl/N-ethyl adjacent to an activating group) is 1. The van der Waals surface area contributed by atoms with E-state index in [1.807, 2.05) is 37.3 Å². The molecule has 2 aliphatic heterocycles. The maximum absolute atomic E-state index is 13.5. The van der Waals surface area contributed by atoms with Gasteiger partial charge in [0, 0.05) is 18.3 Å². The number of anilines is 1. The van der Waals surface area contributed by atoms with Crippen LogP contribution in [0.2, 0.25) is 0 Å². The first-order valence-corrected chi connectivity index (χ1v) is 13.8. The molecule has 214 valence electrons. The maximum Gasteiger partial charge on any atom is 0.257 e. The van der Waals surface area contributed by atoms with E-state index in [-0.39, 0.29) is 55.0 Å². The first kappa shape index (κ1) is 28.2. The number of methoxy groups -OCH3 is 1. The average Bonchev–Trinajstić information content (AvgIpc) is 2.99. The Morgan fingerprint density at radius 2 is 1.85 bits per heavy atom. The number of hydrogen-bond donors (Lipinski definition) is 2. The molecule has 5 rings (SSSR count). The first-order chi connectivity index (χ1) is 19.8. The number of rotatable bonds is 7. The first-order valence-electron chi connectivity index (χ1n) is 13.8. The summed E-state index contributed by atoms with van der Waals surface area (Å²) in [4.78, 5) is 40.8. The van der Waals surface area contributed by atoms with Crippen molar-refractivity contribution in [3.05, 3.63) is 89.5 Å². The molecule has 0 saturated carbocycles. The SMILES string of the molecule is COc1cccc(C(=O)Nc2ccc3c(c2)C(=O)N(C)[C@@H]2CC[C@@H](CC(=O)N[C@@H](C)c4ccccc4)O[C@@H]2CO3)c1. The van der Waals surface area contributed by atoms with E-state index in [0.717, 1.165) is 5.56 Å². The van der Waals surface area contributed by atoms with Gasteiger partial charge in [-0.25, -0.2) is 0 Å². The van der Waals surface area contributed by atoms with Gasteiger partial charge in [0.25, 0.3) is 11.8 Å². The number of nitrogens with one attached hydrogen (secondary N) is 2. The molecule has 9 nitrogen and oxygen atoms in total. The van der Waals surface area contributed by atoms with Crippen molar-refractivity contribution in [3.8, 4) is 11.5 Å². The van der Waals surface area contributed by atoms with Crippen LogP contribution in [0.4, 0.5) is 5.69 Å². The molecule has 0 unspecified atom stereocenters. The molecule has 2 aliphatic rings. The van der Waals surface area contributed by atoms with E-state index in [1.54, 1.807) is 61.5 Å². The Labute approximate surface area is 239 Å². The van der Waals surface area contributed by atoms with Crippen LogP contribution in [0, 0.1) is 0 Å². The second-order valence-electron chi connectivity index (χ2n) is 10.5. The van der Waals surface area contributed by atoms with Crippen LogP contribution >= 0.6 is 0 Å². The molecule has 1 fully saturated rings. The highest BCUT2D eigenvalue weighted by atomic mass is 16.5. The van der Waals surface area contributed by atoms with Crippen molar-refractivity contribution >= 4 is 23.4 Å². The summed E-state index contributed by atoms with van der Waals surface area (Å²) in [5.41, 5.74) is 2.33. The fourth-order valence-electron chi connectivity index (χ4n) is 5.41. The van der Waals surface area contributed by atoms with Gasteiger partial charge in [-0.3, -0.25) is 14.4 Å². The van der Waals surface area contributed by atoms with Crippen LogP contribution in [0.5, 0.6) is 11.5 Å². The Balaban J connectivity index is 1.23. The molecule has 0 aliphatic carbocycles. The normalized spacial score (nSPS) is 20.8. The number of benzene rings is 3. The molecule has 3 amide bonds. The van der Waals surface area contributed by atoms with Crippen molar-refractivity contribution in [2.24, 2.45) is 0 Å². The molecule has 0 bridgehead atoms. The van der Waals surface area contributed by atoms with Crippen LogP contribution in [0.1, 0.15) is 58.5 Å². The quantitative estimate of drug-likeness (QED) is 0.440. The summed E-state index contributed by atoms with van der Waals surface area (Å²) in [5.74, 6) is 0.388. The molecule has 9 heteroatoms. The zero-order valence-corrected chi connectivity index (χ0v) is 23.5. The summed E-state index contributed by atoms with van der Waals surface area (Å²) in [7, 11) is 3.30. The number of amides is 3. The van der Waals surface area contributed by atoms with Crippen molar-refractivity contribution in [1.82, 2.24) is 10.2 Å². The molecular weight excluding hydrogens is 522 g/mol. The van der Waals surface area contributed by atoms with Crippen LogP contribution in [0.25, 0.3) is 0 Å². The molecule has 0 radical (unpaired) electrons. The number of ether oxygens (including phenoxy) is 3. The Hall–Kier alpha value is -4.37. The van der Waals surface area contributed by atoms with Gasteiger partial charge in [0.15, 0.2) is 0 Å². The topological polar surface area (TPSA) is 106 Å². The third kappa shape index (κ3) is 6.52. The van der Waals surface area contributed by atoms with Crippen molar-refractivity contribution in [2.75, 3.05) is 26.1 Å². The monoisotopic (exact) mass is 557 g/mol. The molecule has 1 saturated heterocycles. The highest BCUT2D eigenvalue weighted by Crippen LogP contribution is 2.33. The van der Waals surface area contributed by atoms with E-state index in [9.17, 15) is 14.4 Å². The molecule has 41 heavy (non-hydrogen) atoms. The number of carbonyl (C=O) groups is 3. The van der Waals surface area contributed by atoms with E-state index in [2.05, 4.69) is 10.6 Å². The minimum absolute atomic E-state index is 0.0742. The van der Waals surface area contributed by atoms with Crippen molar-refractivity contribution in [1.29, 1.82) is 0 Å². The number of nitrogens with zero attached hydrogens (tertiary/aromatic N) is 1. The molecule has 2 heterocycles. The van der Waals surface area contributed by atoms with Gasteiger partial charge in [-0.1, -0.05) is 36.4 Å². The van der Waals surface area contributed by atoms with Gasteiger partial charge in [-0.05, 0) is 61.7 Å². The summed E-state index contributed by atoms with van der Waals surface area (Å²) >= 11 is 0. The van der Waals surface area contributed by atoms with Gasteiger partial charge in [0.2, 0.25) is 5.91 Å². The highest BCUT2D eigenvalue weighted by molar-refractivity contribution is 6.05. The maximum atomic E-state index is 13.5. The third-order valence-corrected chi connectivity index (χ3v) is 7.69. The number of carbonyl (C=O) groups excluding carboxylic acids is 3. The zero-order chi connectivity index (χ0) is 28.9. The zero-order valence-electron chi connectivity index (χ0n) is 23.5. The van der Waals surface area contributed by atoms with Crippen molar-refractivity contribution in [3.63, 3.8) is 0 Å². The van der Waals surface area contributed by atoms with Crippen LogP contribution in [-0.4, -0.2) is 61.6 Å². The summed E-state index contributed by atoms with van der Waals surface area (Å²) in [6.07, 6.45) is 0.937. The molecule has 3 aromatic rings. The van der Waals surface area contributed by atoms with Gasteiger partial charge in [0.05, 0.1) is 37.3 Å². The smallest absolute Gasteiger partial charge is 0.257 e. The molecule has 2 N–H and O–H groups in total. The predicted molar refractivity (Wildman–Crippen MR) is 154 cm³/mol. The fourth-order valence-corrected chi connectivity index (χ4v) is 5.41. The standard InChI is InChI=1S/C32H35N3O6/c1-20(21-8-5-4-6-9-21)33-30(36)18-25-13-14-27-29(41-25)19-40-28-15-12-23(17-26(28)32(38)35(27)2)34-31(37)22-10-7-11-24(16-22)39-3/h4-12,15-17,20,25,27,29H,13-14,18-19H2,1-3H3,(H,33,36)(H,34,37)/t20-,25-,27+,29+/m0/s1. The van der Waals surface area contributed by atoms with E-state index in [0.29, 0.717) is 41.2 Å². The van der Waals surface area contributed by atoms with Crippen LogP contribution in [-0.2, 0) is 9.53 Å². The lowest BCUT2D eigenvalue weighted by Crippen LogP contribution is -2.54. The van der Waals surface area contributed by atoms with E-state index >= 15 is 0 Å². The largest absolute Gasteiger partial charge is 0.497 e. The molecule has 0 spiro atoms. The van der Waals surface area contributed by atoms with Crippen molar-refractivity contribution < 1.29 is 28.6 Å². The van der Waals surface area contributed by atoms with Crippen molar-refractivity contribution in [2.45, 2.75) is 50.5 Å². The lowest BCUT2D eigenvalue weighted by atomic mass is 9.94. The number of hydrogen-bond acceptors (Lipinski definition) is 6. The van der Waals surface area contributed by atoms with Gasteiger partial charge < -0.3 is 29.7 Å². The average molecular weight is 558 g/mol. The lowest BCUT2D eigenvalue weighted by molar-refractivity contribution is -0.134. The third-order valence-electron chi connectivity index (χ3n) is 7.69. The highest BCUT2D eigenvalue weighted by Gasteiger charge is 2.39. The fraction of sp³-hybridized carbons (Fsp3) is 0.344. The van der Waals surface area contributed by atoms with Crippen LogP contribution in [0.15, 0.2) is 72.8 Å². The van der Waals surface area contributed by atoms with E-state index in [4.69, 9.17) is 14.2 Å². The molecular formula is C32H35N3O6. The van der Waals surface area contributed by atoms with Gasteiger partial charge in [0.1, 0.15) is 24.2 Å². The molecule has 0 aromatic heterocycles. The van der Waals surface area contributed by atoms with Crippen LogP contribution < -0.4 is 20.1 Å². The minimum atomic E-state index is -0.373. The second kappa shape index (κ2) is 12.4. The Morgan fingerprint density at radius 3 is 2.63 bits per heavy atom. The molecule has 4 atom stereocenters. The Morgan fingerprint density at radius 1 is 1.05 bits per heavy atom. The van der Waals surface area contributed by atoms with Gasteiger partial charge in [-0.15, -0.1) is 0 Å². The summed E-state index contributed by atoms with van der Waals surface area (Å²) in [5, 5.41) is 5.90. The summed E-state index contributed by atoms with van der Waals surface area (Å²) < 4.78 is 17.6. The predicted octanol–water partition coefficient (Wildman–Crippen LogP) is 4.60. The Bertz CT molecular complexity index is 1410. The number of fused-ring (bicyclic) bond motifs is 2. The minimum Gasteiger partial charge on any atom is -0.497 e. The lowest BCUT2D eigenvalue weighted by Gasteiger charge is -2.42. The van der Waals surface area contributed by atoms with Crippen LogP contribution in [0.3, 0.4) is 0 Å². The second-order valence-corrected chi connectivity index (χ2v) is 10.5. The Kier molecular flexibility index (Phi) is 8.54. The van der Waals surface area contributed by atoms with Gasteiger partial charge in [-0.2, -0.15) is 0 Å². The molecule has 3 aromatic carbocycles.